The second-order valence-electron chi connectivity index (χ2n) is 8.65. The van der Waals surface area contributed by atoms with E-state index in [-0.39, 0.29) is 5.91 Å². The van der Waals surface area contributed by atoms with Crippen molar-refractivity contribution in [1.82, 2.24) is 9.80 Å². The van der Waals surface area contributed by atoms with Crippen molar-refractivity contribution in [2.75, 3.05) is 26.2 Å². The number of aryl methyl sites for hydroxylation is 1. The second-order valence-corrected chi connectivity index (χ2v) is 9.70. The molecule has 2 fully saturated rings. The molecule has 1 aromatic carbocycles. The van der Waals surface area contributed by atoms with E-state index >= 15 is 0 Å². The lowest BCUT2D eigenvalue weighted by molar-refractivity contribution is 0.0797. The minimum atomic E-state index is 0.222. The number of amides is 1. The first-order chi connectivity index (χ1) is 14.5. The van der Waals surface area contributed by atoms with E-state index in [2.05, 4.69) is 56.0 Å². The highest BCUT2D eigenvalue weighted by Crippen LogP contribution is 2.35. The Balaban J connectivity index is 0.00000124. The lowest BCUT2D eigenvalue weighted by Crippen LogP contribution is -2.37. The summed E-state index contributed by atoms with van der Waals surface area (Å²) >= 11 is 1.65. The van der Waals surface area contributed by atoms with Crippen molar-refractivity contribution in [3.05, 3.63) is 46.3 Å². The second kappa shape index (κ2) is 10.6. The molecular weight excluding hydrogens is 388 g/mol. The van der Waals surface area contributed by atoms with Gasteiger partial charge in [0, 0.05) is 24.0 Å². The molecule has 2 aromatic rings. The average Bonchev–Trinajstić information content (AvgIpc) is 3.45. The minimum Gasteiger partial charge on any atom is -0.338 e. The van der Waals surface area contributed by atoms with Crippen molar-refractivity contribution < 1.29 is 4.79 Å². The number of thiophene rings is 1. The number of carbonyl (C=O) groups excluding carboxylic acids is 1. The van der Waals surface area contributed by atoms with Crippen LogP contribution in [-0.4, -0.2) is 47.9 Å². The largest absolute Gasteiger partial charge is 0.338 e. The van der Waals surface area contributed by atoms with E-state index in [1.54, 1.807) is 11.3 Å². The van der Waals surface area contributed by atoms with E-state index in [1.165, 1.54) is 41.9 Å². The lowest BCUT2D eigenvalue weighted by Gasteiger charge is -2.34. The molecule has 3 nitrogen and oxygen atoms in total. The molecule has 30 heavy (non-hydrogen) atoms. The van der Waals surface area contributed by atoms with Gasteiger partial charge in [0.25, 0.3) is 5.91 Å². The number of benzene rings is 1. The summed E-state index contributed by atoms with van der Waals surface area (Å²) in [5.41, 5.74) is 3.81. The predicted octanol–water partition coefficient (Wildman–Crippen LogP) is 6.57. The Kier molecular flexibility index (Phi) is 8.13. The van der Waals surface area contributed by atoms with Crippen LogP contribution in [0.1, 0.15) is 80.1 Å². The summed E-state index contributed by atoms with van der Waals surface area (Å²) in [6.45, 7) is 14.9. The molecule has 2 aliphatic rings. The smallest absolute Gasteiger partial charge is 0.264 e. The molecule has 0 atom stereocenters. The summed E-state index contributed by atoms with van der Waals surface area (Å²) in [5.74, 6) is 0.904. The van der Waals surface area contributed by atoms with Crippen molar-refractivity contribution in [2.24, 2.45) is 0 Å². The third-order valence-electron chi connectivity index (χ3n) is 6.43. The first kappa shape index (κ1) is 23.0. The van der Waals surface area contributed by atoms with Gasteiger partial charge in [0.15, 0.2) is 0 Å². The molecule has 4 rings (SSSR count). The molecule has 0 unspecified atom stereocenters. The van der Waals surface area contributed by atoms with Crippen molar-refractivity contribution >= 4 is 17.2 Å². The number of piperidine rings is 1. The highest BCUT2D eigenvalue weighted by atomic mass is 32.1. The fourth-order valence-corrected chi connectivity index (χ4v) is 5.72. The number of hydrogen-bond acceptors (Lipinski definition) is 3. The minimum absolute atomic E-state index is 0.222. The number of hydrogen-bond donors (Lipinski definition) is 0. The predicted molar refractivity (Wildman–Crippen MR) is 130 cm³/mol. The SMILES string of the molecule is CC.Cc1cc(-c2ccc(C3CCN(C(C)C)CC3)cc2)sc1C(=O)N1CCCC1. The van der Waals surface area contributed by atoms with Crippen LogP contribution >= 0.6 is 11.3 Å². The van der Waals surface area contributed by atoms with Crippen LogP contribution in [0.3, 0.4) is 0 Å². The fraction of sp³-hybridized carbons (Fsp3) is 0.577. The Morgan fingerprint density at radius 3 is 2.17 bits per heavy atom. The van der Waals surface area contributed by atoms with Gasteiger partial charge in [0.2, 0.25) is 0 Å². The van der Waals surface area contributed by atoms with Crippen LogP contribution < -0.4 is 0 Å². The van der Waals surface area contributed by atoms with Crippen LogP contribution in [0.15, 0.2) is 30.3 Å². The van der Waals surface area contributed by atoms with Gasteiger partial charge in [-0.2, -0.15) is 0 Å². The molecule has 2 aliphatic heterocycles. The maximum atomic E-state index is 12.8. The first-order valence-electron chi connectivity index (χ1n) is 11.8. The molecule has 0 radical (unpaired) electrons. The van der Waals surface area contributed by atoms with E-state index in [1.807, 2.05) is 18.7 Å². The quantitative estimate of drug-likeness (QED) is 0.552. The normalized spacial score (nSPS) is 17.9. The van der Waals surface area contributed by atoms with Crippen molar-refractivity contribution in [1.29, 1.82) is 0 Å². The first-order valence-corrected chi connectivity index (χ1v) is 12.6. The number of rotatable bonds is 4. The summed E-state index contributed by atoms with van der Waals surface area (Å²) in [6.07, 6.45) is 4.79. The Bertz CT molecular complexity index is 810. The van der Waals surface area contributed by atoms with Gasteiger partial charge in [-0.25, -0.2) is 0 Å². The summed E-state index contributed by atoms with van der Waals surface area (Å²) in [4.78, 5) is 19.5. The summed E-state index contributed by atoms with van der Waals surface area (Å²) in [5, 5.41) is 0. The van der Waals surface area contributed by atoms with Crippen LogP contribution in [-0.2, 0) is 0 Å². The maximum Gasteiger partial charge on any atom is 0.264 e. The van der Waals surface area contributed by atoms with Gasteiger partial charge in [-0.15, -0.1) is 11.3 Å². The molecule has 0 saturated carbocycles. The average molecular weight is 427 g/mol. The van der Waals surface area contributed by atoms with Crippen LogP contribution in [0.4, 0.5) is 0 Å². The van der Waals surface area contributed by atoms with Crippen LogP contribution in [0, 0.1) is 6.92 Å². The number of carbonyl (C=O) groups is 1. The topological polar surface area (TPSA) is 23.6 Å². The van der Waals surface area contributed by atoms with E-state index in [4.69, 9.17) is 0 Å². The Hall–Kier alpha value is -1.65. The Morgan fingerprint density at radius 1 is 1.00 bits per heavy atom. The van der Waals surface area contributed by atoms with E-state index in [0.29, 0.717) is 12.0 Å². The van der Waals surface area contributed by atoms with E-state index in [9.17, 15) is 4.79 Å². The van der Waals surface area contributed by atoms with Crippen molar-refractivity contribution in [2.45, 2.75) is 72.3 Å². The van der Waals surface area contributed by atoms with Gasteiger partial charge < -0.3 is 9.80 Å². The molecule has 0 spiro atoms. The molecule has 2 saturated heterocycles. The summed E-state index contributed by atoms with van der Waals surface area (Å²) in [7, 11) is 0. The Morgan fingerprint density at radius 2 is 1.60 bits per heavy atom. The summed E-state index contributed by atoms with van der Waals surface area (Å²) < 4.78 is 0. The molecule has 1 amide bonds. The van der Waals surface area contributed by atoms with Crippen LogP contribution in [0.5, 0.6) is 0 Å². The maximum absolute atomic E-state index is 12.8. The molecule has 0 N–H and O–H groups in total. The highest BCUT2D eigenvalue weighted by molar-refractivity contribution is 7.17. The third-order valence-corrected chi connectivity index (χ3v) is 7.71. The van der Waals surface area contributed by atoms with E-state index < -0.39 is 0 Å². The van der Waals surface area contributed by atoms with Gasteiger partial charge >= 0.3 is 0 Å². The third kappa shape index (κ3) is 5.15. The standard InChI is InChI=1S/C24H32N2OS.C2H6/c1-17(2)25-14-10-20(11-15-25)19-6-8-21(9-7-19)22-16-18(3)23(28-22)24(27)26-12-4-5-13-26;1-2/h6-9,16-17,20H,4-5,10-15H2,1-3H3;1-2H3. The van der Waals surface area contributed by atoms with Crippen molar-refractivity contribution in [3.8, 4) is 10.4 Å². The zero-order valence-corrected chi connectivity index (χ0v) is 20.2. The zero-order valence-electron chi connectivity index (χ0n) is 19.4. The van der Waals surface area contributed by atoms with Crippen LogP contribution in [0.25, 0.3) is 10.4 Å². The number of likely N-dealkylation sites (tertiary alicyclic amines) is 2. The van der Waals surface area contributed by atoms with E-state index in [0.717, 1.165) is 36.4 Å². The molecule has 3 heterocycles. The monoisotopic (exact) mass is 426 g/mol. The number of nitrogens with zero attached hydrogens (tertiary/aromatic N) is 2. The Labute approximate surface area is 187 Å². The molecule has 0 bridgehead atoms. The zero-order chi connectivity index (χ0) is 21.7. The van der Waals surface area contributed by atoms with Crippen molar-refractivity contribution in [3.63, 3.8) is 0 Å². The van der Waals surface area contributed by atoms with Gasteiger partial charge in [0.1, 0.15) is 0 Å². The molecule has 1 aromatic heterocycles. The van der Waals surface area contributed by atoms with Gasteiger partial charge in [-0.05, 0) is 88.2 Å². The lowest BCUT2D eigenvalue weighted by atomic mass is 9.88. The van der Waals surface area contributed by atoms with Gasteiger partial charge in [-0.3, -0.25) is 4.79 Å². The van der Waals surface area contributed by atoms with Gasteiger partial charge in [-0.1, -0.05) is 38.1 Å². The fourth-order valence-electron chi connectivity index (χ4n) is 4.57. The molecule has 4 heteroatoms. The van der Waals surface area contributed by atoms with Gasteiger partial charge in [0.05, 0.1) is 4.88 Å². The molecule has 0 aliphatic carbocycles. The summed E-state index contributed by atoms with van der Waals surface area (Å²) in [6, 6.07) is 12.0. The van der Waals surface area contributed by atoms with Crippen LogP contribution in [0.2, 0.25) is 0 Å². The molecule has 164 valence electrons. The molecular formula is C26H38N2OS. The highest BCUT2D eigenvalue weighted by Gasteiger charge is 2.24.